The summed E-state index contributed by atoms with van der Waals surface area (Å²) in [6, 6.07) is 0. The molecule has 0 aliphatic rings. The molecule has 12 heavy (non-hydrogen) atoms. The lowest BCUT2D eigenvalue weighted by Gasteiger charge is -2.26. The summed E-state index contributed by atoms with van der Waals surface area (Å²) >= 11 is 0. The van der Waals surface area contributed by atoms with Crippen LogP contribution in [0.3, 0.4) is 0 Å². The van der Waals surface area contributed by atoms with Gasteiger partial charge in [-0.2, -0.15) is 0 Å². The molecule has 0 aliphatic heterocycles. The van der Waals surface area contributed by atoms with E-state index in [1.165, 1.54) is 0 Å². The molecule has 0 aromatic rings. The van der Waals surface area contributed by atoms with Gasteiger partial charge in [-0.15, -0.1) is 0 Å². The van der Waals surface area contributed by atoms with Gasteiger partial charge in [-0.3, -0.25) is 0 Å². The Hall–Kier alpha value is -0.760. The van der Waals surface area contributed by atoms with Crippen molar-refractivity contribution in [2.45, 2.75) is 26.7 Å². The van der Waals surface area contributed by atoms with E-state index in [0.717, 1.165) is 30.8 Å². The van der Waals surface area contributed by atoms with Crippen LogP contribution >= 0.6 is 0 Å². The van der Waals surface area contributed by atoms with Gasteiger partial charge in [0.25, 0.3) is 0 Å². The van der Waals surface area contributed by atoms with Gasteiger partial charge in [0.15, 0.2) is 0 Å². The first kappa shape index (κ1) is 11.2. The normalized spacial score (nSPS) is 9.58. The standard InChI is InChI=1S/C10H19NO/c1-5-7-11(9(3)6-2)10(4)8-12/h12H,3-8H2,1-2H3. The fraction of sp³-hybridized carbons (Fsp3) is 0.600. The molecular weight excluding hydrogens is 150 g/mol. The third kappa shape index (κ3) is 3.09. The molecule has 0 atom stereocenters. The van der Waals surface area contributed by atoms with E-state index in [0.29, 0.717) is 0 Å². The van der Waals surface area contributed by atoms with E-state index in [1.54, 1.807) is 0 Å². The lowest BCUT2D eigenvalue weighted by atomic mass is 10.2. The minimum atomic E-state index is 0.0129. The van der Waals surface area contributed by atoms with Crippen LogP contribution in [-0.2, 0) is 0 Å². The molecule has 0 saturated carbocycles. The van der Waals surface area contributed by atoms with Crippen LogP contribution in [0.5, 0.6) is 0 Å². The van der Waals surface area contributed by atoms with Crippen LogP contribution in [0.15, 0.2) is 24.6 Å². The van der Waals surface area contributed by atoms with Gasteiger partial charge < -0.3 is 10.0 Å². The Morgan fingerprint density at radius 1 is 1.25 bits per heavy atom. The van der Waals surface area contributed by atoms with Crippen LogP contribution in [-0.4, -0.2) is 23.2 Å². The highest BCUT2D eigenvalue weighted by Crippen LogP contribution is 2.12. The van der Waals surface area contributed by atoms with Crippen molar-refractivity contribution in [3.8, 4) is 0 Å². The zero-order valence-corrected chi connectivity index (χ0v) is 8.14. The van der Waals surface area contributed by atoms with Gasteiger partial charge in [-0.05, 0) is 12.8 Å². The van der Waals surface area contributed by atoms with Crippen LogP contribution in [0.4, 0.5) is 0 Å². The Morgan fingerprint density at radius 2 is 1.83 bits per heavy atom. The molecule has 70 valence electrons. The highest BCUT2D eigenvalue weighted by atomic mass is 16.3. The summed E-state index contributed by atoms with van der Waals surface area (Å²) in [5, 5.41) is 8.89. The molecule has 1 N–H and O–H groups in total. The predicted molar refractivity (Wildman–Crippen MR) is 52.7 cm³/mol. The van der Waals surface area contributed by atoms with Gasteiger partial charge in [0.2, 0.25) is 0 Å². The SMILES string of the molecule is C=C(CC)N(CCC)C(=C)CO. The van der Waals surface area contributed by atoms with E-state index in [9.17, 15) is 0 Å². The molecule has 0 aromatic heterocycles. The summed E-state index contributed by atoms with van der Waals surface area (Å²) in [5.74, 6) is 0. The number of allylic oxidation sites excluding steroid dienone is 1. The van der Waals surface area contributed by atoms with Crippen molar-refractivity contribution in [1.29, 1.82) is 0 Å². The Bertz CT molecular complexity index is 147. The molecule has 0 saturated heterocycles. The molecule has 0 aliphatic carbocycles. The van der Waals surface area contributed by atoms with Gasteiger partial charge in [0, 0.05) is 17.9 Å². The van der Waals surface area contributed by atoms with Crippen LogP contribution in [0.1, 0.15) is 26.7 Å². The molecule has 2 nitrogen and oxygen atoms in total. The highest BCUT2D eigenvalue weighted by Gasteiger charge is 2.07. The van der Waals surface area contributed by atoms with Gasteiger partial charge in [0.1, 0.15) is 0 Å². The van der Waals surface area contributed by atoms with E-state index in [4.69, 9.17) is 5.11 Å². The van der Waals surface area contributed by atoms with Gasteiger partial charge >= 0.3 is 0 Å². The summed E-state index contributed by atoms with van der Waals surface area (Å²) in [7, 11) is 0. The van der Waals surface area contributed by atoms with E-state index < -0.39 is 0 Å². The zero-order chi connectivity index (χ0) is 9.56. The third-order valence-electron chi connectivity index (χ3n) is 1.80. The Balaban J connectivity index is 4.21. The van der Waals surface area contributed by atoms with Crippen molar-refractivity contribution < 1.29 is 5.11 Å². The van der Waals surface area contributed by atoms with Crippen molar-refractivity contribution in [3.05, 3.63) is 24.6 Å². The molecule has 0 unspecified atom stereocenters. The summed E-state index contributed by atoms with van der Waals surface area (Å²) in [6.07, 6.45) is 1.94. The first-order valence-electron chi connectivity index (χ1n) is 4.41. The lowest BCUT2D eigenvalue weighted by Crippen LogP contribution is -2.23. The minimum Gasteiger partial charge on any atom is -0.390 e. The average Bonchev–Trinajstić information content (AvgIpc) is 2.11. The molecule has 0 amide bonds. The number of hydrogen-bond acceptors (Lipinski definition) is 2. The first-order chi connectivity index (χ1) is 5.67. The molecular formula is C10H19NO. The smallest absolute Gasteiger partial charge is 0.0826 e. The monoisotopic (exact) mass is 169 g/mol. The van der Waals surface area contributed by atoms with E-state index in [-0.39, 0.29) is 6.61 Å². The maximum absolute atomic E-state index is 8.89. The van der Waals surface area contributed by atoms with E-state index >= 15 is 0 Å². The fourth-order valence-corrected chi connectivity index (χ4v) is 1.04. The van der Waals surface area contributed by atoms with Gasteiger partial charge in [-0.25, -0.2) is 0 Å². The van der Waals surface area contributed by atoms with Gasteiger partial charge in [0.05, 0.1) is 6.61 Å². The molecule has 0 rings (SSSR count). The molecule has 0 bridgehead atoms. The van der Waals surface area contributed by atoms with Crippen molar-refractivity contribution in [3.63, 3.8) is 0 Å². The van der Waals surface area contributed by atoms with E-state index in [1.807, 2.05) is 4.90 Å². The van der Waals surface area contributed by atoms with Crippen molar-refractivity contribution in [2.24, 2.45) is 0 Å². The fourth-order valence-electron chi connectivity index (χ4n) is 1.04. The summed E-state index contributed by atoms with van der Waals surface area (Å²) in [5.41, 5.74) is 1.76. The molecule has 0 fully saturated rings. The maximum Gasteiger partial charge on any atom is 0.0826 e. The van der Waals surface area contributed by atoms with Crippen molar-refractivity contribution in [2.75, 3.05) is 13.2 Å². The minimum absolute atomic E-state index is 0.0129. The molecule has 0 spiro atoms. The number of hydrogen-bond donors (Lipinski definition) is 1. The average molecular weight is 169 g/mol. The third-order valence-corrected chi connectivity index (χ3v) is 1.80. The second kappa shape index (κ2) is 5.84. The Kier molecular flexibility index (Phi) is 5.47. The topological polar surface area (TPSA) is 23.5 Å². The molecule has 2 heteroatoms. The predicted octanol–water partition coefficient (Wildman–Crippen LogP) is 2.13. The van der Waals surface area contributed by atoms with Crippen molar-refractivity contribution >= 4 is 0 Å². The van der Waals surface area contributed by atoms with Crippen LogP contribution in [0, 0.1) is 0 Å². The molecule has 0 radical (unpaired) electrons. The Morgan fingerprint density at radius 3 is 2.17 bits per heavy atom. The number of rotatable bonds is 6. The summed E-state index contributed by atoms with van der Waals surface area (Å²) in [6.45, 7) is 12.7. The van der Waals surface area contributed by atoms with Crippen molar-refractivity contribution in [1.82, 2.24) is 4.90 Å². The molecule has 0 aromatic carbocycles. The largest absolute Gasteiger partial charge is 0.390 e. The highest BCUT2D eigenvalue weighted by molar-refractivity contribution is 5.06. The van der Waals surface area contributed by atoms with Crippen LogP contribution in [0.25, 0.3) is 0 Å². The zero-order valence-electron chi connectivity index (χ0n) is 8.14. The first-order valence-corrected chi connectivity index (χ1v) is 4.41. The summed E-state index contributed by atoms with van der Waals surface area (Å²) in [4.78, 5) is 1.99. The number of aliphatic hydroxyl groups is 1. The number of aliphatic hydroxyl groups excluding tert-OH is 1. The van der Waals surface area contributed by atoms with Crippen LogP contribution in [0.2, 0.25) is 0 Å². The maximum atomic E-state index is 8.89. The second-order valence-corrected chi connectivity index (χ2v) is 2.80. The quantitative estimate of drug-likeness (QED) is 0.658. The molecule has 0 heterocycles. The lowest BCUT2D eigenvalue weighted by molar-refractivity contribution is 0.276. The summed E-state index contributed by atoms with van der Waals surface area (Å²) < 4.78 is 0. The van der Waals surface area contributed by atoms with Crippen LogP contribution < -0.4 is 0 Å². The van der Waals surface area contributed by atoms with E-state index in [2.05, 4.69) is 27.0 Å². The van der Waals surface area contributed by atoms with Gasteiger partial charge in [-0.1, -0.05) is 27.0 Å². The Labute approximate surface area is 75.2 Å². The number of nitrogens with zero attached hydrogens (tertiary/aromatic N) is 1. The second-order valence-electron chi connectivity index (χ2n) is 2.80.